The molecule has 194 valence electrons. The monoisotopic (exact) mass is 506 g/mol. The summed E-state index contributed by atoms with van der Waals surface area (Å²) in [5.74, 6) is 1.50. The summed E-state index contributed by atoms with van der Waals surface area (Å²) < 4.78 is 1.97. The highest BCUT2D eigenvalue weighted by Gasteiger charge is 2.11. The smallest absolute Gasteiger partial charge is 0.225 e. The number of aromatic nitrogens is 4. The van der Waals surface area contributed by atoms with E-state index in [1.807, 2.05) is 72.1 Å². The molecule has 2 aromatic heterocycles. The molecule has 0 fully saturated rings. The lowest BCUT2D eigenvalue weighted by Gasteiger charge is -2.14. The fourth-order valence-electron chi connectivity index (χ4n) is 4.51. The van der Waals surface area contributed by atoms with E-state index in [0.717, 1.165) is 40.9 Å². The normalized spacial score (nSPS) is 11.9. The largest absolute Gasteiger partial charge is 0.378 e. The van der Waals surface area contributed by atoms with Crippen LogP contribution in [0.2, 0.25) is 0 Å². The number of carbonyl (C=O) groups is 1. The van der Waals surface area contributed by atoms with Crippen molar-refractivity contribution in [3.63, 3.8) is 0 Å². The lowest BCUT2D eigenvalue weighted by atomic mass is 10.0. The Morgan fingerprint density at radius 3 is 2.55 bits per heavy atom. The van der Waals surface area contributed by atoms with Crippen molar-refractivity contribution in [3.8, 4) is 5.82 Å². The number of fused-ring (bicyclic) bond motifs is 1. The fourth-order valence-corrected chi connectivity index (χ4v) is 4.51. The van der Waals surface area contributed by atoms with Crippen molar-refractivity contribution in [2.75, 3.05) is 24.3 Å². The van der Waals surface area contributed by atoms with Gasteiger partial charge in [-0.25, -0.2) is 9.97 Å². The molecule has 0 bridgehead atoms. The molecule has 0 aliphatic heterocycles. The molecule has 0 unspecified atom stereocenters. The Kier molecular flexibility index (Phi) is 7.45. The topological polar surface area (TPSA) is 75.9 Å². The van der Waals surface area contributed by atoms with Crippen molar-refractivity contribution in [1.29, 1.82) is 0 Å². The Hall–Kier alpha value is -4.52. The minimum absolute atomic E-state index is 0. The summed E-state index contributed by atoms with van der Waals surface area (Å²) in [7, 11) is 3.98. The van der Waals surface area contributed by atoms with E-state index in [0.29, 0.717) is 12.4 Å². The third-order valence-corrected chi connectivity index (χ3v) is 6.72. The number of hydrogen-bond donors (Lipinski definition) is 1. The van der Waals surface area contributed by atoms with Crippen molar-refractivity contribution >= 4 is 28.5 Å². The van der Waals surface area contributed by atoms with Gasteiger partial charge in [-0.1, -0.05) is 36.4 Å². The first kappa shape index (κ1) is 25.1. The van der Waals surface area contributed by atoms with Gasteiger partial charge >= 0.3 is 0 Å². The molecule has 3 aromatic carbocycles. The van der Waals surface area contributed by atoms with Gasteiger partial charge in [0.15, 0.2) is 5.78 Å². The third kappa shape index (κ3) is 5.72. The standard InChI is InChI=1S/C31H32N6O.H2/c1-22(24-9-5-4-6-10-24)34-31-32-19-18-30(35-31)37-21-33-27-20-23(12-17-28(27)37)8-7-11-29(38)25-13-15-26(16-14-25)36(2)3;/h4-6,9-10,12-22H,7-8,11H2,1-3H3,(H,32,34,35);1H/t22-;/m0./s1. The number of ketones is 1. The van der Waals surface area contributed by atoms with Crippen LogP contribution in [-0.2, 0) is 6.42 Å². The van der Waals surface area contributed by atoms with Gasteiger partial charge in [0, 0.05) is 39.4 Å². The molecule has 7 heteroatoms. The van der Waals surface area contributed by atoms with Gasteiger partial charge in [0.05, 0.1) is 17.1 Å². The van der Waals surface area contributed by atoms with Crippen LogP contribution < -0.4 is 10.2 Å². The number of Topliss-reactive ketones (excluding diaryl/α,β-unsaturated/α-hetero) is 1. The lowest BCUT2D eigenvalue weighted by molar-refractivity contribution is 0.0980. The Morgan fingerprint density at radius 1 is 1.00 bits per heavy atom. The average Bonchev–Trinajstić information content (AvgIpc) is 3.37. The van der Waals surface area contributed by atoms with Gasteiger partial charge in [-0.05, 0) is 73.4 Å². The van der Waals surface area contributed by atoms with Gasteiger partial charge in [-0.2, -0.15) is 4.98 Å². The first-order valence-electron chi connectivity index (χ1n) is 12.9. The summed E-state index contributed by atoms with van der Waals surface area (Å²) in [5.41, 5.74) is 6.07. The van der Waals surface area contributed by atoms with E-state index in [-0.39, 0.29) is 13.3 Å². The molecular weight excluding hydrogens is 472 g/mol. The molecule has 0 spiro atoms. The predicted molar refractivity (Wildman–Crippen MR) is 155 cm³/mol. The van der Waals surface area contributed by atoms with Crippen LogP contribution in [0, 0.1) is 0 Å². The third-order valence-electron chi connectivity index (χ3n) is 6.72. The summed E-state index contributed by atoms with van der Waals surface area (Å²) in [6.07, 6.45) is 5.69. The second-order valence-corrected chi connectivity index (χ2v) is 9.67. The van der Waals surface area contributed by atoms with Crippen LogP contribution in [0.5, 0.6) is 0 Å². The van der Waals surface area contributed by atoms with Crippen LogP contribution in [0.15, 0.2) is 91.4 Å². The van der Waals surface area contributed by atoms with Crippen LogP contribution >= 0.6 is 0 Å². The number of nitrogens with zero attached hydrogens (tertiary/aromatic N) is 5. The molecular formula is C31H34N6O. The first-order valence-corrected chi connectivity index (χ1v) is 12.9. The Morgan fingerprint density at radius 2 is 1.79 bits per heavy atom. The Bertz CT molecular complexity index is 1530. The molecule has 5 aromatic rings. The molecule has 0 radical (unpaired) electrons. The molecule has 7 nitrogen and oxygen atoms in total. The molecule has 0 saturated heterocycles. The Labute approximate surface area is 224 Å². The van der Waals surface area contributed by atoms with E-state index in [1.54, 1.807) is 12.5 Å². The Balaban J connectivity index is 0.00000353. The highest BCUT2D eigenvalue weighted by Crippen LogP contribution is 2.22. The quantitative estimate of drug-likeness (QED) is 0.218. The molecule has 1 atom stereocenters. The van der Waals surface area contributed by atoms with Gasteiger partial charge in [-0.3, -0.25) is 9.36 Å². The van der Waals surface area contributed by atoms with E-state index < -0.39 is 0 Å². The molecule has 5 rings (SSSR count). The summed E-state index contributed by atoms with van der Waals surface area (Å²) in [6.45, 7) is 2.09. The highest BCUT2D eigenvalue weighted by molar-refractivity contribution is 5.96. The van der Waals surface area contributed by atoms with Crippen molar-refractivity contribution in [2.24, 2.45) is 0 Å². The van der Waals surface area contributed by atoms with Crippen molar-refractivity contribution in [1.82, 2.24) is 19.5 Å². The van der Waals surface area contributed by atoms with Crippen LogP contribution in [0.3, 0.4) is 0 Å². The maximum absolute atomic E-state index is 12.6. The summed E-state index contributed by atoms with van der Waals surface area (Å²) in [6, 6.07) is 26.3. The second-order valence-electron chi connectivity index (χ2n) is 9.67. The number of anilines is 2. The van der Waals surface area contributed by atoms with Gasteiger partial charge in [0.25, 0.3) is 0 Å². The molecule has 0 amide bonds. The molecule has 38 heavy (non-hydrogen) atoms. The number of aryl methyl sites for hydroxylation is 1. The number of nitrogens with one attached hydrogen (secondary N) is 1. The van der Waals surface area contributed by atoms with Crippen LogP contribution in [0.1, 0.15) is 48.7 Å². The van der Waals surface area contributed by atoms with Crippen molar-refractivity contribution in [2.45, 2.75) is 32.2 Å². The molecule has 1 N–H and O–H groups in total. The number of benzene rings is 3. The van der Waals surface area contributed by atoms with Crippen LogP contribution in [0.4, 0.5) is 11.6 Å². The van der Waals surface area contributed by atoms with Crippen LogP contribution in [-0.4, -0.2) is 39.4 Å². The zero-order valence-corrected chi connectivity index (χ0v) is 22.0. The number of carbonyl (C=O) groups excluding carboxylic acids is 1. The lowest BCUT2D eigenvalue weighted by Crippen LogP contribution is -2.10. The van der Waals surface area contributed by atoms with Gasteiger partial charge in [0.1, 0.15) is 12.1 Å². The number of rotatable bonds is 10. The summed E-state index contributed by atoms with van der Waals surface area (Å²) in [4.78, 5) is 28.4. The maximum atomic E-state index is 12.6. The molecule has 0 aliphatic carbocycles. The minimum Gasteiger partial charge on any atom is -0.378 e. The zero-order valence-electron chi connectivity index (χ0n) is 22.0. The van der Waals surface area contributed by atoms with E-state index in [4.69, 9.17) is 4.98 Å². The fraction of sp³-hybridized carbons (Fsp3) is 0.226. The van der Waals surface area contributed by atoms with Crippen molar-refractivity contribution < 1.29 is 6.22 Å². The highest BCUT2D eigenvalue weighted by atomic mass is 16.1. The first-order chi connectivity index (χ1) is 18.5. The van der Waals surface area contributed by atoms with Gasteiger partial charge in [-0.15, -0.1) is 0 Å². The average molecular weight is 507 g/mol. The number of hydrogen-bond acceptors (Lipinski definition) is 6. The van der Waals surface area contributed by atoms with Crippen molar-refractivity contribution in [3.05, 3.63) is 108 Å². The van der Waals surface area contributed by atoms with E-state index in [1.165, 1.54) is 11.1 Å². The summed E-state index contributed by atoms with van der Waals surface area (Å²) in [5, 5.41) is 3.38. The van der Waals surface area contributed by atoms with E-state index in [2.05, 4.69) is 52.5 Å². The second kappa shape index (κ2) is 11.3. The molecule has 2 heterocycles. The maximum Gasteiger partial charge on any atom is 0.225 e. The molecule has 0 aliphatic rings. The molecule has 0 saturated carbocycles. The van der Waals surface area contributed by atoms with Crippen LogP contribution in [0.25, 0.3) is 16.9 Å². The van der Waals surface area contributed by atoms with Gasteiger partial charge < -0.3 is 10.2 Å². The number of imidazole rings is 1. The van der Waals surface area contributed by atoms with Gasteiger partial charge in [0.2, 0.25) is 5.95 Å². The zero-order chi connectivity index (χ0) is 26.5. The van der Waals surface area contributed by atoms with E-state index in [9.17, 15) is 4.79 Å². The van der Waals surface area contributed by atoms with E-state index >= 15 is 0 Å². The SMILES string of the molecule is C[C@H](Nc1nccc(-n2cnc3cc(CCCC(=O)c4ccc(N(C)C)cc4)ccc32)n1)c1ccccc1.[HH]. The minimum atomic E-state index is 0. The predicted octanol–water partition coefficient (Wildman–Crippen LogP) is 6.51. The summed E-state index contributed by atoms with van der Waals surface area (Å²) >= 11 is 0.